The maximum Gasteiger partial charge on any atom is 0.171 e. The van der Waals surface area contributed by atoms with Crippen LogP contribution in [0.15, 0.2) is 54.6 Å². The molecule has 1 saturated heterocycles. The van der Waals surface area contributed by atoms with Gasteiger partial charge in [-0.3, -0.25) is 4.79 Å². The van der Waals surface area contributed by atoms with E-state index in [0.717, 1.165) is 49.5 Å². The molecule has 2 aromatic rings. The number of benzene rings is 2. The second-order valence-corrected chi connectivity index (χ2v) is 7.34. The summed E-state index contributed by atoms with van der Waals surface area (Å²) >= 11 is 0. The summed E-state index contributed by atoms with van der Waals surface area (Å²) < 4.78 is 5.42. The Balaban J connectivity index is 1.87. The van der Waals surface area contributed by atoms with Gasteiger partial charge in [0.2, 0.25) is 0 Å². The van der Waals surface area contributed by atoms with Crippen LogP contribution in [-0.2, 0) is 4.74 Å². The van der Waals surface area contributed by atoms with Gasteiger partial charge in [0.25, 0.3) is 0 Å². The molecule has 1 fully saturated rings. The number of ether oxygens (including phenoxy) is 1. The maximum atomic E-state index is 13.5. The number of likely N-dealkylation sites (N-methyl/N-ethyl adjacent to an activating group) is 1. The lowest BCUT2D eigenvalue weighted by atomic mass is 9.83. The van der Waals surface area contributed by atoms with Gasteiger partial charge in [0.1, 0.15) is 0 Å². The predicted octanol–water partition coefficient (Wildman–Crippen LogP) is 3.83. The van der Waals surface area contributed by atoms with Crippen molar-refractivity contribution in [3.8, 4) is 0 Å². The van der Waals surface area contributed by atoms with Crippen molar-refractivity contribution in [2.24, 2.45) is 0 Å². The van der Waals surface area contributed by atoms with Gasteiger partial charge in [0.15, 0.2) is 5.78 Å². The number of hydrogen-bond donors (Lipinski definition) is 0. The number of hydrogen-bond acceptors (Lipinski definition) is 4. The molecule has 27 heavy (non-hydrogen) atoms. The van der Waals surface area contributed by atoms with Gasteiger partial charge in [0, 0.05) is 30.4 Å². The first-order valence-corrected chi connectivity index (χ1v) is 9.80. The number of rotatable bonds is 7. The number of Topliss-reactive ketones (excluding diaryl/α,β-unsaturated/α-hetero) is 1. The Morgan fingerprint density at radius 3 is 2.22 bits per heavy atom. The second kappa shape index (κ2) is 9.16. The highest BCUT2D eigenvalue weighted by molar-refractivity contribution is 6.01. The maximum absolute atomic E-state index is 13.5. The quantitative estimate of drug-likeness (QED) is 0.697. The van der Waals surface area contributed by atoms with Crippen molar-refractivity contribution >= 4 is 11.5 Å². The smallest absolute Gasteiger partial charge is 0.171 e. The van der Waals surface area contributed by atoms with Gasteiger partial charge in [-0.1, -0.05) is 37.3 Å². The number of carbonyl (C=O) groups is 1. The van der Waals surface area contributed by atoms with Crippen LogP contribution in [-0.4, -0.2) is 57.1 Å². The van der Waals surface area contributed by atoms with Crippen LogP contribution >= 0.6 is 0 Å². The molecular formula is C23H30N2O2. The average Bonchev–Trinajstić information content (AvgIpc) is 2.72. The molecule has 2 unspecified atom stereocenters. The summed E-state index contributed by atoms with van der Waals surface area (Å²) in [5, 5.41) is 0. The van der Waals surface area contributed by atoms with Crippen LogP contribution in [0.25, 0.3) is 0 Å². The SMILES string of the molecule is CCC(C(C(=O)c1ccc(N2CCOCC2)cc1)c1ccccc1)N(C)C. The lowest BCUT2D eigenvalue weighted by Gasteiger charge is -2.31. The fourth-order valence-corrected chi connectivity index (χ4v) is 3.95. The van der Waals surface area contributed by atoms with E-state index in [2.05, 4.69) is 55.1 Å². The largest absolute Gasteiger partial charge is 0.378 e. The fraction of sp³-hybridized carbons (Fsp3) is 0.435. The zero-order chi connectivity index (χ0) is 19.2. The molecule has 4 heteroatoms. The highest BCUT2D eigenvalue weighted by Crippen LogP contribution is 2.29. The molecule has 2 atom stereocenters. The van der Waals surface area contributed by atoms with E-state index >= 15 is 0 Å². The molecule has 1 aliphatic rings. The van der Waals surface area contributed by atoms with Gasteiger partial charge in [-0.15, -0.1) is 0 Å². The number of nitrogens with zero attached hydrogens (tertiary/aromatic N) is 2. The minimum Gasteiger partial charge on any atom is -0.378 e. The first-order valence-electron chi connectivity index (χ1n) is 9.80. The minimum atomic E-state index is -0.166. The fourth-order valence-electron chi connectivity index (χ4n) is 3.95. The molecule has 0 N–H and O–H groups in total. The molecule has 4 nitrogen and oxygen atoms in total. The third-order valence-electron chi connectivity index (χ3n) is 5.44. The standard InChI is InChI=1S/C23H30N2O2/c1-4-21(24(2)3)22(18-8-6-5-7-9-18)23(26)19-10-12-20(13-11-19)25-14-16-27-17-15-25/h5-13,21-22H,4,14-17H2,1-3H3. The van der Waals surface area contributed by atoms with Crippen molar-refractivity contribution in [2.45, 2.75) is 25.3 Å². The van der Waals surface area contributed by atoms with Gasteiger partial charge in [-0.25, -0.2) is 0 Å². The van der Waals surface area contributed by atoms with Gasteiger partial charge in [-0.05, 0) is 50.3 Å². The summed E-state index contributed by atoms with van der Waals surface area (Å²) in [6.45, 7) is 5.47. The van der Waals surface area contributed by atoms with E-state index in [4.69, 9.17) is 4.74 Å². The number of carbonyl (C=O) groups excluding carboxylic acids is 1. The van der Waals surface area contributed by atoms with Crippen LogP contribution in [0.5, 0.6) is 0 Å². The molecular weight excluding hydrogens is 336 g/mol. The van der Waals surface area contributed by atoms with Crippen LogP contribution in [0.2, 0.25) is 0 Å². The third kappa shape index (κ3) is 4.57. The van der Waals surface area contributed by atoms with E-state index in [1.54, 1.807) is 0 Å². The molecule has 0 bridgehead atoms. The van der Waals surface area contributed by atoms with E-state index in [0.29, 0.717) is 0 Å². The van der Waals surface area contributed by atoms with Crippen molar-refractivity contribution < 1.29 is 9.53 Å². The van der Waals surface area contributed by atoms with Crippen molar-refractivity contribution in [1.82, 2.24) is 4.90 Å². The number of ketones is 1. The predicted molar refractivity (Wildman–Crippen MR) is 111 cm³/mol. The molecule has 0 spiro atoms. The Morgan fingerprint density at radius 1 is 1.04 bits per heavy atom. The molecule has 2 aromatic carbocycles. The van der Waals surface area contributed by atoms with Crippen LogP contribution in [0, 0.1) is 0 Å². The van der Waals surface area contributed by atoms with E-state index in [1.807, 2.05) is 30.3 Å². The van der Waals surface area contributed by atoms with Crippen molar-refractivity contribution in [1.29, 1.82) is 0 Å². The summed E-state index contributed by atoms with van der Waals surface area (Å²) in [6, 6.07) is 18.4. The first-order chi connectivity index (χ1) is 13.1. The zero-order valence-electron chi connectivity index (χ0n) is 16.6. The lowest BCUT2D eigenvalue weighted by Crippen LogP contribution is -2.37. The molecule has 3 rings (SSSR count). The average molecular weight is 367 g/mol. The molecule has 0 saturated carbocycles. The van der Waals surface area contributed by atoms with Crippen LogP contribution in [0.1, 0.15) is 35.2 Å². The zero-order valence-corrected chi connectivity index (χ0v) is 16.6. The van der Waals surface area contributed by atoms with Gasteiger partial charge >= 0.3 is 0 Å². The van der Waals surface area contributed by atoms with Gasteiger partial charge < -0.3 is 14.5 Å². The van der Waals surface area contributed by atoms with Crippen LogP contribution in [0.4, 0.5) is 5.69 Å². The molecule has 1 heterocycles. The second-order valence-electron chi connectivity index (χ2n) is 7.34. The summed E-state index contributed by atoms with van der Waals surface area (Å²) in [5.74, 6) is 0.0238. The Kier molecular flexibility index (Phi) is 6.64. The van der Waals surface area contributed by atoms with Crippen molar-refractivity contribution in [2.75, 3.05) is 45.3 Å². The summed E-state index contributed by atoms with van der Waals surface area (Å²) in [4.78, 5) is 17.9. The lowest BCUT2D eigenvalue weighted by molar-refractivity contribution is 0.0902. The molecule has 144 valence electrons. The molecule has 0 radical (unpaired) electrons. The van der Waals surface area contributed by atoms with Gasteiger partial charge in [-0.2, -0.15) is 0 Å². The van der Waals surface area contributed by atoms with E-state index in [1.165, 1.54) is 0 Å². The van der Waals surface area contributed by atoms with Crippen LogP contribution in [0.3, 0.4) is 0 Å². The van der Waals surface area contributed by atoms with Crippen LogP contribution < -0.4 is 4.90 Å². The molecule has 0 aromatic heterocycles. The molecule has 0 aliphatic carbocycles. The van der Waals surface area contributed by atoms with Crippen molar-refractivity contribution in [3.05, 3.63) is 65.7 Å². The highest BCUT2D eigenvalue weighted by Gasteiger charge is 2.31. The third-order valence-corrected chi connectivity index (χ3v) is 5.44. The topological polar surface area (TPSA) is 32.8 Å². The van der Waals surface area contributed by atoms with Crippen molar-refractivity contribution in [3.63, 3.8) is 0 Å². The summed E-state index contributed by atoms with van der Waals surface area (Å²) in [6.07, 6.45) is 0.921. The van der Waals surface area contributed by atoms with E-state index in [-0.39, 0.29) is 17.7 Å². The Bertz CT molecular complexity index is 722. The Hall–Kier alpha value is -2.17. The monoisotopic (exact) mass is 366 g/mol. The Morgan fingerprint density at radius 2 is 1.67 bits per heavy atom. The normalized spacial score (nSPS) is 17.0. The Labute approximate surface area is 162 Å². The van der Waals surface area contributed by atoms with E-state index in [9.17, 15) is 4.79 Å². The number of anilines is 1. The first kappa shape index (κ1) is 19.6. The summed E-state index contributed by atoms with van der Waals surface area (Å²) in [7, 11) is 4.11. The van der Waals surface area contributed by atoms with Gasteiger partial charge in [0.05, 0.1) is 19.1 Å². The molecule has 1 aliphatic heterocycles. The minimum absolute atomic E-state index is 0.166. The summed E-state index contributed by atoms with van der Waals surface area (Å²) in [5.41, 5.74) is 3.02. The molecule has 0 amide bonds. The number of morpholine rings is 1. The highest BCUT2D eigenvalue weighted by atomic mass is 16.5. The van der Waals surface area contributed by atoms with E-state index < -0.39 is 0 Å².